The highest BCUT2D eigenvalue weighted by atomic mass is 32.2. The van der Waals surface area contributed by atoms with Gasteiger partial charge in [0.2, 0.25) is 0 Å². The van der Waals surface area contributed by atoms with E-state index in [1.165, 1.54) is 31.7 Å². The van der Waals surface area contributed by atoms with Crippen molar-refractivity contribution in [2.24, 2.45) is 0 Å². The maximum Gasteiger partial charge on any atom is 0.0587 e. The molecule has 15 heavy (non-hydrogen) atoms. The van der Waals surface area contributed by atoms with Gasteiger partial charge >= 0.3 is 0 Å². The molecule has 3 nitrogen and oxygen atoms in total. The van der Waals surface area contributed by atoms with E-state index in [-0.39, 0.29) is 0 Å². The largest absolute Gasteiger partial charge is 0.383 e. The van der Waals surface area contributed by atoms with Crippen LogP contribution in [-0.4, -0.2) is 63.9 Å². The van der Waals surface area contributed by atoms with E-state index in [2.05, 4.69) is 23.5 Å². The van der Waals surface area contributed by atoms with Crippen molar-refractivity contribution in [3.05, 3.63) is 0 Å². The normalized spacial score (nSPS) is 11.2. The van der Waals surface area contributed by atoms with Gasteiger partial charge in [-0.05, 0) is 39.2 Å². The number of hydrogen-bond acceptors (Lipinski definition) is 4. The van der Waals surface area contributed by atoms with Gasteiger partial charge in [-0.15, -0.1) is 0 Å². The third-order valence-corrected chi connectivity index (χ3v) is 2.89. The van der Waals surface area contributed by atoms with Gasteiger partial charge in [0, 0.05) is 26.0 Å². The van der Waals surface area contributed by atoms with E-state index >= 15 is 0 Å². The molecule has 0 atom stereocenters. The number of nitrogens with zero attached hydrogens (tertiary/aromatic N) is 1. The Labute approximate surface area is 98.9 Å². The van der Waals surface area contributed by atoms with E-state index in [0.717, 1.165) is 19.7 Å². The second kappa shape index (κ2) is 12.3. The fraction of sp³-hybridized carbons (Fsp3) is 1.00. The summed E-state index contributed by atoms with van der Waals surface area (Å²) in [6.45, 7) is 5.32. The number of ether oxygens (including phenoxy) is 1. The summed E-state index contributed by atoms with van der Waals surface area (Å²) in [6, 6.07) is 0. The van der Waals surface area contributed by atoms with E-state index in [1.54, 1.807) is 7.11 Å². The third-order valence-electron chi connectivity index (χ3n) is 2.30. The fourth-order valence-electron chi connectivity index (χ4n) is 1.29. The molecule has 1 N–H and O–H groups in total. The molecule has 0 spiro atoms. The lowest BCUT2D eigenvalue weighted by molar-refractivity contribution is 0.199. The summed E-state index contributed by atoms with van der Waals surface area (Å²) in [7, 11) is 3.94. The monoisotopic (exact) mass is 234 g/mol. The number of nitrogens with one attached hydrogen (secondary N) is 1. The van der Waals surface area contributed by atoms with Crippen LogP contribution in [0.3, 0.4) is 0 Å². The van der Waals surface area contributed by atoms with Crippen LogP contribution in [0.4, 0.5) is 0 Å². The number of thioether (sulfide) groups is 1. The number of hydrogen-bond donors (Lipinski definition) is 1. The molecule has 0 fully saturated rings. The van der Waals surface area contributed by atoms with Crippen LogP contribution < -0.4 is 5.32 Å². The van der Waals surface area contributed by atoms with Gasteiger partial charge in [-0.3, -0.25) is 0 Å². The molecule has 0 aromatic heterocycles. The summed E-state index contributed by atoms with van der Waals surface area (Å²) >= 11 is 1.91. The van der Waals surface area contributed by atoms with Crippen LogP contribution in [-0.2, 0) is 4.74 Å². The smallest absolute Gasteiger partial charge is 0.0587 e. The lowest BCUT2D eigenvalue weighted by atomic mass is 10.3. The Balaban J connectivity index is 3.02. The Morgan fingerprint density at radius 2 is 2.00 bits per heavy atom. The van der Waals surface area contributed by atoms with Crippen LogP contribution in [0.1, 0.15) is 12.8 Å². The number of unbranched alkanes of at least 4 members (excludes halogenated alkanes) is 1. The van der Waals surface area contributed by atoms with Crippen LogP contribution in [0, 0.1) is 0 Å². The van der Waals surface area contributed by atoms with Crippen LogP contribution in [0.2, 0.25) is 0 Å². The average molecular weight is 234 g/mol. The molecule has 0 amide bonds. The molecule has 92 valence electrons. The minimum Gasteiger partial charge on any atom is -0.383 e. The van der Waals surface area contributed by atoms with Crippen molar-refractivity contribution in [2.75, 3.05) is 59.0 Å². The van der Waals surface area contributed by atoms with Crippen LogP contribution in [0.15, 0.2) is 0 Å². The van der Waals surface area contributed by atoms with Crippen molar-refractivity contribution < 1.29 is 4.74 Å². The molecular weight excluding hydrogens is 208 g/mol. The Kier molecular flexibility index (Phi) is 12.5. The first-order valence-electron chi connectivity index (χ1n) is 5.68. The second-order valence-corrected chi connectivity index (χ2v) is 4.73. The second-order valence-electron chi connectivity index (χ2n) is 3.75. The van der Waals surface area contributed by atoms with Gasteiger partial charge in [-0.1, -0.05) is 0 Å². The molecule has 0 aromatic carbocycles. The minimum atomic E-state index is 0.813. The first-order chi connectivity index (χ1) is 7.31. The van der Waals surface area contributed by atoms with Crippen LogP contribution in [0.5, 0.6) is 0 Å². The summed E-state index contributed by atoms with van der Waals surface area (Å²) < 4.78 is 4.96. The molecule has 4 heteroatoms. The third kappa shape index (κ3) is 12.2. The predicted molar refractivity (Wildman–Crippen MR) is 69.9 cm³/mol. The van der Waals surface area contributed by atoms with E-state index in [1.807, 2.05) is 11.8 Å². The Morgan fingerprint density at radius 1 is 1.20 bits per heavy atom. The van der Waals surface area contributed by atoms with Crippen LogP contribution in [0.25, 0.3) is 0 Å². The molecule has 0 saturated heterocycles. The van der Waals surface area contributed by atoms with Gasteiger partial charge in [0.1, 0.15) is 0 Å². The quantitative estimate of drug-likeness (QED) is 0.545. The lowest BCUT2D eigenvalue weighted by Crippen LogP contribution is -2.24. The van der Waals surface area contributed by atoms with Crippen molar-refractivity contribution >= 4 is 11.8 Å². The van der Waals surface area contributed by atoms with Crippen LogP contribution >= 0.6 is 11.8 Å². The van der Waals surface area contributed by atoms with Gasteiger partial charge in [-0.2, -0.15) is 11.8 Å². The van der Waals surface area contributed by atoms with Gasteiger partial charge in [0.15, 0.2) is 0 Å². The molecule has 0 unspecified atom stereocenters. The van der Waals surface area contributed by atoms with E-state index in [0.29, 0.717) is 0 Å². The molecular formula is C11H26N2OS. The zero-order chi connectivity index (χ0) is 11.4. The molecule has 0 aliphatic carbocycles. The fourth-order valence-corrected chi connectivity index (χ4v) is 1.78. The standard InChI is InChI=1S/C11H26N2OS/c1-13(9-11-15-3)8-5-4-6-12-7-10-14-2/h12H,4-11H2,1-3H3. The van der Waals surface area contributed by atoms with E-state index in [4.69, 9.17) is 4.74 Å². The van der Waals surface area contributed by atoms with Crippen molar-refractivity contribution in [2.45, 2.75) is 12.8 Å². The van der Waals surface area contributed by atoms with E-state index in [9.17, 15) is 0 Å². The van der Waals surface area contributed by atoms with Gasteiger partial charge in [0.25, 0.3) is 0 Å². The summed E-state index contributed by atoms with van der Waals surface area (Å²) in [5, 5.41) is 3.36. The molecule has 0 rings (SSSR count). The lowest BCUT2D eigenvalue weighted by Gasteiger charge is -2.15. The summed E-state index contributed by atoms with van der Waals surface area (Å²) in [5.41, 5.74) is 0. The predicted octanol–water partition coefficient (Wildman–Crippen LogP) is 1.30. The molecule has 0 saturated carbocycles. The SMILES string of the molecule is COCCNCCCCN(C)CCSC. The maximum atomic E-state index is 4.96. The molecule has 0 radical (unpaired) electrons. The molecule has 0 aromatic rings. The van der Waals surface area contributed by atoms with Gasteiger partial charge in [-0.25, -0.2) is 0 Å². The summed E-state index contributed by atoms with van der Waals surface area (Å²) in [6.07, 6.45) is 4.70. The Hall–Kier alpha value is 0.230. The van der Waals surface area contributed by atoms with E-state index < -0.39 is 0 Å². The Morgan fingerprint density at radius 3 is 2.67 bits per heavy atom. The number of methoxy groups -OCH3 is 1. The highest BCUT2D eigenvalue weighted by Gasteiger charge is 1.96. The highest BCUT2D eigenvalue weighted by Crippen LogP contribution is 1.96. The maximum absolute atomic E-state index is 4.96. The van der Waals surface area contributed by atoms with Gasteiger partial charge < -0.3 is 15.0 Å². The zero-order valence-electron chi connectivity index (χ0n) is 10.4. The molecule has 0 aliphatic rings. The van der Waals surface area contributed by atoms with Gasteiger partial charge in [0.05, 0.1) is 6.61 Å². The van der Waals surface area contributed by atoms with Crippen molar-refractivity contribution in [3.63, 3.8) is 0 Å². The van der Waals surface area contributed by atoms with Crippen molar-refractivity contribution in [1.82, 2.24) is 10.2 Å². The Bertz CT molecular complexity index is 125. The molecule has 0 aliphatic heterocycles. The topological polar surface area (TPSA) is 24.5 Å². The van der Waals surface area contributed by atoms with Crippen molar-refractivity contribution in [3.8, 4) is 0 Å². The minimum absolute atomic E-state index is 0.813. The van der Waals surface area contributed by atoms with Crippen molar-refractivity contribution in [1.29, 1.82) is 0 Å². The zero-order valence-corrected chi connectivity index (χ0v) is 11.2. The summed E-state index contributed by atoms with van der Waals surface area (Å²) in [4.78, 5) is 2.41. The molecule has 0 bridgehead atoms. The summed E-state index contributed by atoms with van der Waals surface area (Å²) in [5.74, 6) is 1.24. The first-order valence-corrected chi connectivity index (χ1v) is 7.07. The highest BCUT2D eigenvalue weighted by molar-refractivity contribution is 7.98. The average Bonchev–Trinajstić information content (AvgIpc) is 2.25. The molecule has 0 heterocycles. The number of rotatable bonds is 11. The first kappa shape index (κ1) is 15.2.